The summed E-state index contributed by atoms with van der Waals surface area (Å²) < 4.78 is 5.65. The fraction of sp³-hybridized carbons (Fsp3) is 0.364. The summed E-state index contributed by atoms with van der Waals surface area (Å²) in [7, 11) is 0. The number of carbonyl (C=O) groups excluding carboxylic acids is 1. The Morgan fingerprint density at radius 2 is 1.59 bits per heavy atom. The highest BCUT2D eigenvalue weighted by Crippen LogP contribution is 2.44. The number of carbonyl (C=O) groups is 2. The first kappa shape index (κ1) is 19.0. The molecule has 0 saturated carbocycles. The lowest BCUT2D eigenvalue weighted by atomic mass is 9.98. The number of benzene rings is 2. The zero-order chi connectivity index (χ0) is 19.2. The molecule has 0 unspecified atom stereocenters. The van der Waals surface area contributed by atoms with E-state index in [1.165, 1.54) is 22.3 Å². The Balaban J connectivity index is 1.68. The third-order valence-corrected chi connectivity index (χ3v) is 4.91. The molecule has 0 saturated heterocycles. The van der Waals surface area contributed by atoms with Crippen molar-refractivity contribution in [1.82, 2.24) is 4.90 Å². The normalized spacial score (nSPS) is 12.3. The lowest BCUT2D eigenvalue weighted by Gasteiger charge is -2.23. The molecule has 3 rings (SSSR count). The fourth-order valence-corrected chi connectivity index (χ4v) is 3.67. The van der Waals surface area contributed by atoms with Crippen LogP contribution >= 0.6 is 0 Å². The second-order valence-corrected chi connectivity index (χ2v) is 6.79. The highest BCUT2D eigenvalue weighted by molar-refractivity contribution is 5.79. The fourth-order valence-electron chi connectivity index (χ4n) is 3.67. The number of hydrogen-bond acceptors (Lipinski definition) is 3. The molecule has 0 aromatic heterocycles. The first-order valence-electron chi connectivity index (χ1n) is 9.43. The van der Waals surface area contributed by atoms with Crippen molar-refractivity contribution in [2.24, 2.45) is 0 Å². The van der Waals surface area contributed by atoms with Crippen molar-refractivity contribution >= 4 is 12.1 Å². The molecule has 1 amide bonds. The minimum absolute atomic E-state index is 0.0313. The molecule has 0 bridgehead atoms. The van der Waals surface area contributed by atoms with E-state index in [0.717, 1.165) is 6.42 Å². The summed E-state index contributed by atoms with van der Waals surface area (Å²) in [5.74, 6) is -0.817. The van der Waals surface area contributed by atoms with E-state index in [-0.39, 0.29) is 25.0 Å². The van der Waals surface area contributed by atoms with Crippen molar-refractivity contribution in [3.8, 4) is 11.1 Å². The average molecular weight is 367 g/mol. The smallest absolute Gasteiger partial charge is 0.409 e. The zero-order valence-electron chi connectivity index (χ0n) is 15.6. The summed E-state index contributed by atoms with van der Waals surface area (Å²) in [4.78, 5) is 24.9. The monoisotopic (exact) mass is 367 g/mol. The van der Waals surface area contributed by atoms with E-state index in [1.807, 2.05) is 31.2 Å². The first-order valence-corrected chi connectivity index (χ1v) is 9.43. The summed E-state index contributed by atoms with van der Waals surface area (Å²) in [5.41, 5.74) is 4.75. The average Bonchev–Trinajstić information content (AvgIpc) is 2.99. The van der Waals surface area contributed by atoms with Gasteiger partial charge in [-0.3, -0.25) is 4.79 Å². The van der Waals surface area contributed by atoms with Crippen molar-refractivity contribution in [3.05, 3.63) is 59.7 Å². The van der Waals surface area contributed by atoms with Gasteiger partial charge in [0, 0.05) is 25.4 Å². The molecule has 0 aliphatic heterocycles. The molecule has 2 aromatic carbocycles. The quantitative estimate of drug-likeness (QED) is 0.745. The second kappa shape index (κ2) is 8.71. The number of aliphatic carboxylic acids is 1. The molecular weight excluding hydrogens is 342 g/mol. The van der Waals surface area contributed by atoms with Gasteiger partial charge in [-0.2, -0.15) is 0 Å². The van der Waals surface area contributed by atoms with E-state index in [0.29, 0.717) is 19.5 Å². The number of fused-ring (bicyclic) bond motifs is 3. The van der Waals surface area contributed by atoms with Gasteiger partial charge in [0.1, 0.15) is 6.61 Å². The van der Waals surface area contributed by atoms with Crippen LogP contribution in [0.15, 0.2) is 48.5 Å². The minimum Gasteiger partial charge on any atom is -0.481 e. The molecule has 1 aliphatic rings. The standard InChI is InChI=1S/C22H25NO4/c1-2-13-23(14-7-12-21(24)25)22(26)27-15-20-18-10-5-3-8-16(18)17-9-4-6-11-19(17)20/h3-6,8-11,20H,2,7,12-15H2,1H3,(H,24,25). The molecule has 27 heavy (non-hydrogen) atoms. The van der Waals surface area contributed by atoms with E-state index in [2.05, 4.69) is 24.3 Å². The van der Waals surface area contributed by atoms with Crippen LogP contribution in [-0.2, 0) is 9.53 Å². The zero-order valence-corrected chi connectivity index (χ0v) is 15.6. The highest BCUT2D eigenvalue weighted by Gasteiger charge is 2.29. The topological polar surface area (TPSA) is 66.8 Å². The van der Waals surface area contributed by atoms with Crippen molar-refractivity contribution in [1.29, 1.82) is 0 Å². The number of carboxylic acid groups (broad SMARTS) is 1. The summed E-state index contributed by atoms with van der Waals surface area (Å²) in [6.07, 6.45) is 0.914. The van der Waals surface area contributed by atoms with E-state index < -0.39 is 5.97 Å². The minimum atomic E-state index is -0.848. The Morgan fingerprint density at radius 3 is 2.15 bits per heavy atom. The van der Waals surface area contributed by atoms with Crippen LogP contribution in [0.1, 0.15) is 43.2 Å². The maximum Gasteiger partial charge on any atom is 0.409 e. The highest BCUT2D eigenvalue weighted by atomic mass is 16.6. The molecule has 0 fully saturated rings. The number of nitrogens with zero attached hydrogens (tertiary/aromatic N) is 1. The van der Waals surface area contributed by atoms with E-state index in [4.69, 9.17) is 9.84 Å². The molecular formula is C22H25NO4. The van der Waals surface area contributed by atoms with Gasteiger partial charge >= 0.3 is 12.1 Å². The predicted molar refractivity (Wildman–Crippen MR) is 104 cm³/mol. The number of ether oxygens (including phenoxy) is 1. The van der Waals surface area contributed by atoms with Gasteiger partial charge in [-0.1, -0.05) is 55.5 Å². The Bertz CT molecular complexity index is 772. The van der Waals surface area contributed by atoms with E-state index in [1.54, 1.807) is 4.90 Å². The van der Waals surface area contributed by atoms with Crippen molar-refractivity contribution in [3.63, 3.8) is 0 Å². The lowest BCUT2D eigenvalue weighted by molar-refractivity contribution is -0.137. The lowest BCUT2D eigenvalue weighted by Crippen LogP contribution is -2.34. The van der Waals surface area contributed by atoms with Gasteiger partial charge in [-0.25, -0.2) is 4.79 Å². The number of hydrogen-bond donors (Lipinski definition) is 1. The van der Waals surface area contributed by atoms with Crippen molar-refractivity contribution in [2.45, 2.75) is 32.1 Å². The summed E-state index contributed by atoms with van der Waals surface area (Å²) >= 11 is 0. The van der Waals surface area contributed by atoms with Crippen molar-refractivity contribution < 1.29 is 19.4 Å². The van der Waals surface area contributed by atoms with Crippen LogP contribution < -0.4 is 0 Å². The van der Waals surface area contributed by atoms with Gasteiger partial charge in [0.2, 0.25) is 0 Å². The Labute approximate surface area is 159 Å². The van der Waals surface area contributed by atoms with Crippen LogP contribution in [0.2, 0.25) is 0 Å². The van der Waals surface area contributed by atoms with Crippen molar-refractivity contribution in [2.75, 3.05) is 19.7 Å². The third kappa shape index (κ3) is 4.30. The molecule has 0 radical (unpaired) electrons. The van der Waals surface area contributed by atoms with E-state index >= 15 is 0 Å². The largest absolute Gasteiger partial charge is 0.481 e. The Kier molecular flexibility index (Phi) is 6.12. The molecule has 5 nitrogen and oxygen atoms in total. The van der Waals surface area contributed by atoms with Gasteiger partial charge in [0.15, 0.2) is 0 Å². The van der Waals surface area contributed by atoms with Gasteiger partial charge in [0.25, 0.3) is 0 Å². The SMILES string of the molecule is CCCN(CCCC(=O)O)C(=O)OCC1c2ccccc2-c2ccccc21. The molecule has 0 heterocycles. The number of rotatable bonds is 8. The number of amides is 1. The molecule has 142 valence electrons. The van der Waals surface area contributed by atoms with E-state index in [9.17, 15) is 9.59 Å². The van der Waals surface area contributed by atoms with Crippen LogP contribution in [0.5, 0.6) is 0 Å². The molecule has 2 aromatic rings. The molecule has 1 aliphatic carbocycles. The van der Waals surface area contributed by atoms with Crippen LogP contribution in [0.4, 0.5) is 4.79 Å². The summed E-state index contributed by atoms with van der Waals surface area (Å²) in [5, 5.41) is 8.79. The Morgan fingerprint density at radius 1 is 1.00 bits per heavy atom. The number of carboxylic acids is 1. The maximum atomic E-state index is 12.5. The predicted octanol–water partition coefficient (Wildman–Crippen LogP) is 4.51. The maximum absolute atomic E-state index is 12.5. The van der Waals surface area contributed by atoms with Crippen LogP contribution in [0.25, 0.3) is 11.1 Å². The van der Waals surface area contributed by atoms with Gasteiger partial charge in [-0.05, 0) is 35.1 Å². The third-order valence-electron chi connectivity index (χ3n) is 4.91. The molecule has 0 atom stereocenters. The first-order chi connectivity index (χ1) is 13.1. The van der Waals surface area contributed by atoms with Gasteiger partial charge in [-0.15, -0.1) is 0 Å². The summed E-state index contributed by atoms with van der Waals surface area (Å²) in [6, 6.07) is 16.4. The second-order valence-electron chi connectivity index (χ2n) is 6.79. The Hall–Kier alpha value is -2.82. The molecule has 5 heteroatoms. The van der Waals surface area contributed by atoms with Crippen LogP contribution in [-0.4, -0.2) is 41.8 Å². The van der Waals surface area contributed by atoms with Gasteiger partial charge in [0.05, 0.1) is 0 Å². The molecule has 1 N–H and O–H groups in total. The van der Waals surface area contributed by atoms with Gasteiger partial charge < -0.3 is 14.7 Å². The van der Waals surface area contributed by atoms with Crippen LogP contribution in [0.3, 0.4) is 0 Å². The molecule has 0 spiro atoms. The summed E-state index contributed by atoms with van der Waals surface area (Å²) in [6.45, 7) is 3.24. The van der Waals surface area contributed by atoms with Crippen LogP contribution in [0, 0.1) is 0 Å².